The summed E-state index contributed by atoms with van der Waals surface area (Å²) in [5.74, 6) is -0.194. The number of benzene rings is 1. The molecular formula is C16H19N3O3S. The molecule has 0 unspecified atom stereocenters. The van der Waals surface area contributed by atoms with Gasteiger partial charge in [-0.05, 0) is 12.1 Å². The predicted octanol–water partition coefficient (Wildman–Crippen LogP) is 2.07. The minimum atomic E-state index is -0.116. The van der Waals surface area contributed by atoms with E-state index < -0.39 is 0 Å². The number of nitrogens with zero attached hydrogens (tertiary/aromatic N) is 1. The zero-order chi connectivity index (χ0) is 16.7. The van der Waals surface area contributed by atoms with Crippen LogP contribution >= 0.6 is 11.3 Å². The molecular weight excluding hydrogens is 314 g/mol. The van der Waals surface area contributed by atoms with E-state index in [1.54, 1.807) is 7.11 Å². The van der Waals surface area contributed by atoms with Gasteiger partial charge in [-0.1, -0.05) is 12.1 Å². The van der Waals surface area contributed by atoms with Crippen molar-refractivity contribution in [1.82, 2.24) is 10.3 Å². The molecule has 0 spiro atoms. The summed E-state index contributed by atoms with van der Waals surface area (Å²) >= 11 is 1.47. The maximum Gasteiger partial charge on any atom is 0.226 e. The fourth-order valence-corrected chi connectivity index (χ4v) is 2.79. The number of hydrogen-bond donors (Lipinski definition) is 2. The number of methoxy groups -OCH3 is 1. The topological polar surface area (TPSA) is 80.3 Å². The van der Waals surface area contributed by atoms with E-state index in [0.717, 1.165) is 22.0 Å². The van der Waals surface area contributed by atoms with Crippen LogP contribution in [0.1, 0.15) is 12.6 Å². The average molecular weight is 333 g/mol. The third-order valence-electron chi connectivity index (χ3n) is 2.95. The zero-order valence-corrected chi connectivity index (χ0v) is 13.9. The zero-order valence-electron chi connectivity index (χ0n) is 13.1. The highest BCUT2D eigenvalue weighted by atomic mass is 32.1. The summed E-state index contributed by atoms with van der Waals surface area (Å²) in [7, 11) is 1.59. The highest BCUT2D eigenvalue weighted by molar-refractivity contribution is 7.13. The van der Waals surface area contributed by atoms with Gasteiger partial charge in [0, 0.05) is 37.2 Å². The van der Waals surface area contributed by atoms with E-state index in [1.165, 1.54) is 18.3 Å². The summed E-state index contributed by atoms with van der Waals surface area (Å²) in [4.78, 5) is 27.4. The molecule has 0 radical (unpaired) electrons. The standard InChI is InChI=1S/C16H19N3O3S/c1-11(20)18-13-5-3-4-12(8-13)16-19-14(10-23-16)9-15(21)17-6-7-22-2/h3-5,8,10H,6-7,9H2,1-2H3,(H,17,21)(H,18,20). The molecule has 2 aromatic rings. The second-order valence-electron chi connectivity index (χ2n) is 4.93. The molecule has 1 aromatic heterocycles. The molecule has 0 atom stereocenters. The maximum absolute atomic E-state index is 11.8. The first kappa shape index (κ1) is 17.1. The summed E-state index contributed by atoms with van der Waals surface area (Å²) in [6, 6.07) is 7.47. The van der Waals surface area contributed by atoms with Crippen molar-refractivity contribution in [2.24, 2.45) is 0 Å². The molecule has 7 heteroatoms. The van der Waals surface area contributed by atoms with E-state index in [9.17, 15) is 9.59 Å². The number of ether oxygens (including phenoxy) is 1. The minimum Gasteiger partial charge on any atom is -0.383 e. The molecule has 0 aliphatic rings. The van der Waals surface area contributed by atoms with Gasteiger partial charge in [0.05, 0.1) is 18.7 Å². The molecule has 23 heavy (non-hydrogen) atoms. The summed E-state index contributed by atoms with van der Waals surface area (Å²) < 4.78 is 4.88. The number of rotatable bonds is 7. The lowest BCUT2D eigenvalue weighted by Gasteiger charge is -2.04. The molecule has 122 valence electrons. The summed E-state index contributed by atoms with van der Waals surface area (Å²) in [5, 5.41) is 8.20. The number of carbonyl (C=O) groups is 2. The molecule has 0 aliphatic carbocycles. The van der Waals surface area contributed by atoms with Crippen LogP contribution in [0, 0.1) is 0 Å². The summed E-state index contributed by atoms with van der Waals surface area (Å²) in [5.41, 5.74) is 2.36. The monoisotopic (exact) mass is 333 g/mol. The van der Waals surface area contributed by atoms with Crippen molar-refractivity contribution in [2.45, 2.75) is 13.3 Å². The van der Waals surface area contributed by atoms with Gasteiger partial charge in [-0.2, -0.15) is 0 Å². The Labute approximate surface area is 138 Å². The lowest BCUT2D eigenvalue weighted by molar-refractivity contribution is -0.120. The Hall–Kier alpha value is -2.25. The van der Waals surface area contributed by atoms with Crippen LogP contribution in [0.25, 0.3) is 10.6 Å². The number of thiazole rings is 1. The van der Waals surface area contributed by atoms with Crippen molar-refractivity contribution < 1.29 is 14.3 Å². The number of amides is 2. The van der Waals surface area contributed by atoms with Gasteiger partial charge in [0.1, 0.15) is 5.01 Å². The highest BCUT2D eigenvalue weighted by Crippen LogP contribution is 2.26. The maximum atomic E-state index is 11.8. The van der Waals surface area contributed by atoms with Gasteiger partial charge in [0.2, 0.25) is 11.8 Å². The second kappa shape index (κ2) is 8.40. The SMILES string of the molecule is COCCNC(=O)Cc1csc(-c2cccc(NC(C)=O)c2)n1. The molecule has 2 N–H and O–H groups in total. The van der Waals surface area contributed by atoms with Crippen LogP contribution in [0.3, 0.4) is 0 Å². The van der Waals surface area contributed by atoms with Crippen LogP contribution in [-0.4, -0.2) is 37.1 Å². The van der Waals surface area contributed by atoms with Crippen molar-refractivity contribution in [1.29, 1.82) is 0 Å². The Morgan fingerprint density at radius 3 is 2.91 bits per heavy atom. The minimum absolute atomic E-state index is 0.0779. The highest BCUT2D eigenvalue weighted by Gasteiger charge is 2.09. The smallest absolute Gasteiger partial charge is 0.226 e. The van der Waals surface area contributed by atoms with Gasteiger partial charge in [0.25, 0.3) is 0 Å². The first-order valence-electron chi connectivity index (χ1n) is 7.16. The largest absolute Gasteiger partial charge is 0.383 e. The van der Waals surface area contributed by atoms with Gasteiger partial charge in [-0.15, -0.1) is 11.3 Å². The molecule has 2 amide bonds. The van der Waals surface area contributed by atoms with Crippen LogP contribution < -0.4 is 10.6 Å². The third kappa shape index (κ3) is 5.46. The molecule has 1 aromatic carbocycles. The first-order valence-corrected chi connectivity index (χ1v) is 8.04. The van der Waals surface area contributed by atoms with Gasteiger partial charge in [-0.3, -0.25) is 9.59 Å². The number of nitrogens with one attached hydrogen (secondary N) is 2. The number of aromatic nitrogens is 1. The average Bonchev–Trinajstić information content (AvgIpc) is 2.95. The third-order valence-corrected chi connectivity index (χ3v) is 3.89. The number of hydrogen-bond acceptors (Lipinski definition) is 5. The Morgan fingerprint density at radius 1 is 1.35 bits per heavy atom. The molecule has 2 rings (SSSR count). The first-order chi connectivity index (χ1) is 11.1. The van der Waals surface area contributed by atoms with Crippen LogP contribution in [0.2, 0.25) is 0 Å². The van der Waals surface area contributed by atoms with E-state index in [4.69, 9.17) is 4.74 Å². The predicted molar refractivity (Wildman–Crippen MR) is 90.4 cm³/mol. The molecule has 0 bridgehead atoms. The molecule has 1 heterocycles. The van der Waals surface area contributed by atoms with E-state index in [0.29, 0.717) is 13.2 Å². The lowest BCUT2D eigenvalue weighted by atomic mass is 10.2. The van der Waals surface area contributed by atoms with Crippen molar-refractivity contribution in [2.75, 3.05) is 25.6 Å². The van der Waals surface area contributed by atoms with Crippen LogP contribution in [0.4, 0.5) is 5.69 Å². The number of anilines is 1. The normalized spacial score (nSPS) is 10.3. The van der Waals surface area contributed by atoms with E-state index >= 15 is 0 Å². The van der Waals surface area contributed by atoms with Gasteiger partial charge < -0.3 is 15.4 Å². The molecule has 0 fully saturated rings. The molecule has 6 nitrogen and oxygen atoms in total. The molecule has 0 saturated heterocycles. The summed E-state index contributed by atoms with van der Waals surface area (Å²) in [6.07, 6.45) is 0.242. The van der Waals surface area contributed by atoms with E-state index in [1.807, 2.05) is 29.6 Å². The fraction of sp³-hybridized carbons (Fsp3) is 0.312. The lowest BCUT2D eigenvalue weighted by Crippen LogP contribution is -2.28. The molecule has 0 saturated carbocycles. The van der Waals surface area contributed by atoms with Crippen LogP contribution in [0.5, 0.6) is 0 Å². The van der Waals surface area contributed by atoms with Gasteiger partial charge >= 0.3 is 0 Å². The Kier molecular flexibility index (Phi) is 6.25. The fourth-order valence-electron chi connectivity index (χ4n) is 1.97. The van der Waals surface area contributed by atoms with E-state index in [2.05, 4.69) is 15.6 Å². The van der Waals surface area contributed by atoms with Crippen LogP contribution in [0.15, 0.2) is 29.6 Å². The van der Waals surface area contributed by atoms with Crippen LogP contribution in [-0.2, 0) is 20.7 Å². The Bertz CT molecular complexity index is 685. The van der Waals surface area contributed by atoms with Crippen molar-refractivity contribution in [3.05, 3.63) is 35.3 Å². The Balaban J connectivity index is 2.01. The van der Waals surface area contributed by atoms with Gasteiger partial charge in [-0.25, -0.2) is 4.98 Å². The van der Waals surface area contributed by atoms with Crippen molar-refractivity contribution >= 4 is 28.8 Å². The Morgan fingerprint density at radius 2 is 2.17 bits per heavy atom. The number of carbonyl (C=O) groups excluding carboxylic acids is 2. The summed E-state index contributed by atoms with van der Waals surface area (Å²) in [6.45, 7) is 2.45. The van der Waals surface area contributed by atoms with E-state index in [-0.39, 0.29) is 18.2 Å². The van der Waals surface area contributed by atoms with Crippen molar-refractivity contribution in [3.63, 3.8) is 0 Å². The molecule has 0 aliphatic heterocycles. The quantitative estimate of drug-likeness (QED) is 0.760. The van der Waals surface area contributed by atoms with Crippen molar-refractivity contribution in [3.8, 4) is 10.6 Å². The van der Waals surface area contributed by atoms with Gasteiger partial charge in [0.15, 0.2) is 0 Å². The second-order valence-corrected chi connectivity index (χ2v) is 5.78.